The molecule has 200 valence electrons. The van der Waals surface area contributed by atoms with Crippen molar-refractivity contribution in [2.24, 2.45) is 0 Å². The molecule has 2 atom stereocenters. The maximum absolute atomic E-state index is 13.0. The van der Waals surface area contributed by atoms with Gasteiger partial charge in [0.05, 0.1) is 19.4 Å². The van der Waals surface area contributed by atoms with Gasteiger partial charge in [-0.2, -0.15) is 9.71 Å². The fourth-order valence-corrected chi connectivity index (χ4v) is 8.15. The molecule has 0 aliphatic carbocycles. The fourth-order valence-electron chi connectivity index (χ4n) is 4.64. The van der Waals surface area contributed by atoms with E-state index in [4.69, 9.17) is 9.40 Å². The summed E-state index contributed by atoms with van der Waals surface area (Å²) < 4.78 is 34.6. The van der Waals surface area contributed by atoms with Gasteiger partial charge in [0.15, 0.2) is 5.38 Å². The van der Waals surface area contributed by atoms with Gasteiger partial charge in [-0.25, -0.2) is 8.42 Å². The number of nitrogens with zero attached hydrogens (tertiary/aromatic N) is 1. The highest BCUT2D eigenvalue weighted by atomic mass is 79.9. The number of rotatable bonds is 8. The quantitative estimate of drug-likeness (QED) is 0.172. The fraction of sp³-hybridized carbons (Fsp3) is 0.0667. The molecule has 0 spiro atoms. The van der Waals surface area contributed by atoms with Gasteiger partial charge in [0.25, 0.3) is 19.8 Å². The van der Waals surface area contributed by atoms with Crippen LogP contribution in [0, 0.1) is 0 Å². The highest BCUT2D eigenvalue weighted by Gasteiger charge is 2.27. The summed E-state index contributed by atoms with van der Waals surface area (Å²) in [6, 6.07) is 27.8. The molecule has 0 bridgehead atoms. The summed E-state index contributed by atoms with van der Waals surface area (Å²) in [4.78, 5) is 16.6. The zero-order valence-corrected chi connectivity index (χ0v) is 24.0. The molecule has 6 rings (SSSR count). The molecule has 0 aliphatic rings. The van der Waals surface area contributed by atoms with Crippen LogP contribution in [0.5, 0.6) is 0 Å². The molecule has 7 nitrogen and oxygen atoms in total. The second kappa shape index (κ2) is 10.6. The van der Waals surface area contributed by atoms with E-state index in [1.165, 1.54) is 12.1 Å². The van der Waals surface area contributed by atoms with E-state index in [1.807, 2.05) is 53.9 Å². The summed E-state index contributed by atoms with van der Waals surface area (Å²) in [7, 11) is -4.55. The second-order valence-corrected chi connectivity index (χ2v) is 14.2. The number of fused-ring (bicyclic) bond motifs is 3. The molecule has 10 heteroatoms. The van der Waals surface area contributed by atoms with Gasteiger partial charge in [0, 0.05) is 16.3 Å². The third-order valence-electron chi connectivity index (χ3n) is 6.60. The normalized spacial score (nSPS) is 13.1. The van der Waals surface area contributed by atoms with Crippen LogP contribution >= 0.6 is 23.7 Å². The summed E-state index contributed by atoms with van der Waals surface area (Å²) in [5.74, 6) is -1.24. The maximum Gasteiger partial charge on any atom is 0.322 e. The Bertz CT molecular complexity index is 1970. The van der Waals surface area contributed by atoms with Crippen LogP contribution < -0.4 is 4.72 Å². The molecule has 0 saturated carbocycles. The first-order valence-electron chi connectivity index (χ1n) is 12.3. The Kier molecular flexibility index (Phi) is 7.01. The van der Waals surface area contributed by atoms with Crippen molar-refractivity contribution in [2.45, 2.75) is 17.4 Å². The van der Waals surface area contributed by atoms with Crippen molar-refractivity contribution in [2.75, 3.05) is 0 Å². The molecule has 0 saturated heterocycles. The molecular weight excluding hydrogens is 612 g/mol. The van der Waals surface area contributed by atoms with Crippen molar-refractivity contribution >= 4 is 61.6 Å². The number of sulfonamides is 1. The highest BCUT2D eigenvalue weighted by Crippen LogP contribution is 2.45. The minimum absolute atomic E-state index is 0.0248. The van der Waals surface area contributed by atoms with Gasteiger partial charge in [-0.15, -0.1) is 0 Å². The Balaban J connectivity index is 1.27. The molecule has 2 N–H and O–H groups in total. The molecule has 40 heavy (non-hydrogen) atoms. The maximum atomic E-state index is 13.0. The average molecular weight is 635 g/mol. The molecular formula is C30H22BrN2O5S2+. The average Bonchev–Trinajstić information content (AvgIpc) is 3.54. The Hall–Kier alpha value is -3.83. The number of halogens is 1. The number of carboxylic acid groups (broad SMARTS) is 1. The molecule has 4 aromatic carbocycles. The van der Waals surface area contributed by atoms with Crippen molar-refractivity contribution in [3.63, 3.8) is 0 Å². The monoisotopic (exact) mass is 633 g/mol. The van der Waals surface area contributed by atoms with Gasteiger partial charge in [0.2, 0.25) is 10.0 Å². The highest BCUT2D eigenvalue weighted by molar-refractivity contribution is 9.34. The number of hydrogen-bond acceptors (Lipinski definition) is 5. The van der Waals surface area contributed by atoms with Crippen molar-refractivity contribution in [3.8, 4) is 21.8 Å². The minimum Gasteiger partial charge on any atom is -0.480 e. The van der Waals surface area contributed by atoms with Gasteiger partial charge >= 0.3 is 5.97 Å². The topological polar surface area (TPSA) is 110 Å². The molecule has 2 unspecified atom stereocenters. The van der Waals surface area contributed by atoms with Crippen molar-refractivity contribution in [3.05, 3.63) is 108 Å². The van der Waals surface area contributed by atoms with E-state index in [1.54, 1.807) is 36.4 Å². The molecule has 0 amide bonds. The number of carbonyl (C=O) groups is 1. The Labute approximate surface area is 240 Å². The first-order chi connectivity index (χ1) is 19.3. The van der Waals surface area contributed by atoms with E-state index in [2.05, 4.69) is 19.5 Å². The molecule has 0 fully saturated rings. The number of benzene rings is 4. The Morgan fingerprint density at radius 2 is 1.62 bits per heavy atom. The number of thiazole rings is 1. The number of para-hydroxylation sites is 2. The van der Waals surface area contributed by atoms with Crippen LogP contribution in [0.2, 0.25) is 0 Å². The zero-order chi connectivity index (χ0) is 27.9. The van der Waals surface area contributed by atoms with Crippen LogP contribution in [0.1, 0.15) is 5.56 Å². The number of nitrogens with one attached hydrogen (secondary N) is 1. The van der Waals surface area contributed by atoms with Crippen LogP contribution in [0.4, 0.5) is 0 Å². The molecule has 0 radical (unpaired) electrons. The van der Waals surface area contributed by atoms with Crippen molar-refractivity contribution < 1.29 is 22.7 Å². The van der Waals surface area contributed by atoms with Crippen LogP contribution in [0.25, 0.3) is 43.8 Å². The lowest BCUT2D eigenvalue weighted by Crippen LogP contribution is -2.42. The van der Waals surface area contributed by atoms with Gasteiger partial charge < -0.3 is 9.52 Å². The van der Waals surface area contributed by atoms with Gasteiger partial charge in [-0.3, -0.25) is 4.79 Å². The van der Waals surface area contributed by atoms with Crippen molar-refractivity contribution in [1.29, 1.82) is 0 Å². The lowest BCUT2D eigenvalue weighted by atomic mass is 10.1. The van der Waals surface area contributed by atoms with E-state index in [0.29, 0.717) is 5.69 Å². The number of carboxylic acids is 1. The number of aliphatic carboxylic acids is 1. The number of hydrogen-bond donors (Lipinski definition) is 2. The third kappa shape index (κ3) is 5.06. The second-order valence-electron chi connectivity index (χ2n) is 9.21. The van der Waals surface area contributed by atoms with E-state index in [9.17, 15) is 18.3 Å². The van der Waals surface area contributed by atoms with Gasteiger partial charge in [0.1, 0.15) is 22.9 Å². The van der Waals surface area contributed by atoms with E-state index >= 15 is 0 Å². The number of furan rings is 1. The predicted octanol–water partition coefficient (Wildman–Crippen LogP) is 7.20. The van der Waals surface area contributed by atoms with Gasteiger partial charge in [-0.05, 0) is 36.2 Å². The molecule has 2 heterocycles. The number of aromatic nitrogens is 1. The zero-order valence-electron chi connectivity index (χ0n) is 20.8. The standard InChI is InChI=1S/C30H21BrN2O5S2/c31-39-18-26(32-29(39)24-11-6-10-23-22-9-4-5-12-27(22)38-28(23)24)20-13-15-21(16-14-20)40(36,37)33-25(30(34)35)17-19-7-2-1-3-8-19/h1-16,18,25,33H,17H2/p+1. The summed E-state index contributed by atoms with van der Waals surface area (Å²) >= 11 is 3.74. The summed E-state index contributed by atoms with van der Waals surface area (Å²) in [6.07, 6.45) is 0.0312. The molecule has 0 aliphatic heterocycles. The van der Waals surface area contributed by atoms with Gasteiger partial charge in [-0.1, -0.05) is 72.8 Å². The van der Waals surface area contributed by atoms with Crippen molar-refractivity contribution in [1.82, 2.24) is 9.71 Å². The van der Waals surface area contributed by atoms with Crippen LogP contribution in [-0.2, 0) is 21.2 Å². The SMILES string of the molecule is O=C(O)C(Cc1ccccc1)NS(=O)(=O)c1ccc(-c2c[s+](Br)c(-c3cccc4c3oc3ccccc34)n2)cc1. The smallest absolute Gasteiger partial charge is 0.322 e. The summed E-state index contributed by atoms with van der Waals surface area (Å²) in [5, 5.41) is 14.5. The minimum atomic E-state index is -4.07. The van der Waals surface area contributed by atoms with Crippen LogP contribution in [-0.4, -0.2) is 30.5 Å². The largest absolute Gasteiger partial charge is 0.480 e. The Morgan fingerprint density at radius 1 is 0.925 bits per heavy atom. The van der Waals surface area contributed by atoms with Crippen LogP contribution in [0.3, 0.4) is 0 Å². The summed E-state index contributed by atoms with van der Waals surface area (Å²) in [6.45, 7) is 0. The molecule has 2 aromatic heterocycles. The third-order valence-corrected chi connectivity index (χ3v) is 10.7. The lowest BCUT2D eigenvalue weighted by Gasteiger charge is -2.15. The first kappa shape index (κ1) is 26.4. The molecule has 6 aromatic rings. The van der Waals surface area contributed by atoms with E-state index < -0.39 is 30.9 Å². The van der Waals surface area contributed by atoms with E-state index in [0.717, 1.165) is 43.6 Å². The van der Waals surface area contributed by atoms with E-state index in [-0.39, 0.29) is 11.3 Å². The predicted molar refractivity (Wildman–Crippen MR) is 161 cm³/mol. The Morgan fingerprint density at radius 3 is 2.38 bits per heavy atom. The summed E-state index contributed by atoms with van der Waals surface area (Å²) in [5.41, 5.74) is 4.63. The first-order valence-corrected chi connectivity index (χ1v) is 16.9. The lowest BCUT2D eigenvalue weighted by molar-refractivity contribution is -0.138. The van der Waals surface area contributed by atoms with Crippen LogP contribution in [0.15, 0.2) is 112 Å².